The largest absolute Gasteiger partial charge is 0.492 e. The average molecular weight is 521 g/mol. The van der Waals surface area contributed by atoms with E-state index in [0.29, 0.717) is 37.0 Å². The SMILES string of the molecule is CCOC(=O)C(C)Oc1ccc(OCCn2c(=O)sc3cc(C(=NOC)c4ccccc4)ccc32)cc1. The first-order chi connectivity index (χ1) is 18.0. The number of oxime groups is 1. The minimum atomic E-state index is -0.699. The molecule has 4 aromatic rings. The maximum atomic E-state index is 12.7. The fraction of sp³-hybridized carbons (Fsp3) is 0.250. The second-order valence-corrected chi connectivity index (χ2v) is 9.02. The Morgan fingerprint density at radius 1 is 1.00 bits per heavy atom. The van der Waals surface area contributed by atoms with Crippen LogP contribution in [0.3, 0.4) is 0 Å². The molecule has 0 aliphatic heterocycles. The predicted octanol–water partition coefficient (Wildman–Crippen LogP) is 4.87. The number of carbonyl (C=O) groups excluding carboxylic acids is 1. The van der Waals surface area contributed by atoms with E-state index in [4.69, 9.17) is 19.0 Å². The van der Waals surface area contributed by atoms with Crippen molar-refractivity contribution in [3.05, 3.63) is 93.6 Å². The Kier molecular flexibility index (Phi) is 8.58. The van der Waals surface area contributed by atoms with Crippen molar-refractivity contribution in [3.8, 4) is 11.5 Å². The van der Waals surface area contributed by atoms with Crippen LogP contribution in [0.1, 0.15) is 25.0 Å². The quantitative estimate of drug-likeness (QED) is 0.159. The van der Waals surface area contributed by atoms with Crippen LogP contribution >= 0.6 is 11.3 Å². The van der Waals surface area contributed by atoms with Crippen molar-refractivity contribution in [1.82, 2.24) is 4.57 Å². The zero-order chi connectivity index (χ0) is 26.2. The van der Waals surface area contributed by atoms with Crippen molar-refractivity contribution in [1.29, 1.82) is 0 Å². The van der Waals surface area contributed by atoms with Gasteiger partial charge in [-0.1, -0.05) is 52.9 Å². The monoisotopic (exact) mass is 520 g/mol. The number of hydrogen-bond donors (Lipinski definition) is 0. The van der Waals surface area contributed by atoms with Gasteiger partial charge >= 0.3 is 10.8 Å². The number of hydrogen-bond acceptors (Lipinski definition) is 8. The van der Waals surface area contributed by atoms with E-state index >= 15 is 0 Å². The Balaban J connectivity index is 1.42. The highest BCUT2D eigenvalue weighted by atomic mass is 32.1. The number of aromatic nitrogens is 1. The zero-order valence-corrected chi connectivity index (χ0v) is 21.7. The van der Waals surface area contributed by atoms with Gasteiger partial charge in [-0.05, 0) is 50.2 Å². The molecule has 0 aliphatic rings. The van der Waals surface area contributed by atoms with Crippen molar-refractivity contribution in [3.63, 3.8) is 0 Å². The van der Waals surface area contributed by atoms with Crippen LogP contribution in [-0.2, 0) is 20.9 Å². The Bertz CT molecular complexity index is 1430. The molecule has 0 aliphatic carbocycles. The number of ether oxygens (including phenoxy) is 3. The lowest BCUT2D eigenvalue weighted by Crippen LogP contribution is -2.26. The van der Waals surface area contributed by atoms with Crippen molar-refractivity contribution in [2.45, 2.75) is 26.5 Å². The van der Waals surface area contributed by atoms with Crippen LogP contribution in [0, 0.1) is 0 Å². The lowest BCUT2D eigenvalue weighted by molar-refractivity contribution is -0.150. The minimum Gasteiger partial charge on any atom is -0.492 e. The maximum Gasteiger partial charge on any atom is 0.347 e. The fourth-order valence-corrected chi connectivity index (χ4v) is 4.72. The Hall–Kier alpha value is -4.11. The van der Waals surface area contributed by atoms with Crippen LogP contribution in [0.4, 0.5) is 0 Å². The molecular weight excluding hydrogens is 492 g/mol. The number of carbonyl (C=O) groups is 1. The summed E-state index contributed by atoms with van der Waals surface area (Å²) < 4.78 is 19.0. The van der Waals surface area contributed by atoms with E-state index in [-0.39, 0.29) is 4.87 Å². The van der Waals surface area contributed by atoms with E-state index in [1.807, 2.05) is 48.5 Å². The van der Waals surface area contributed by atoms with Crippen LogP contribution in [0.5, 0.6) is 11.5 Å². The maximum absolute atomic E-state index is 12.7. The molecule has 1 unspecified atom stereocenters. The molecule has 4 rings (SSSR count). The molecule has 3 aromatic carbocycles. The third kappa shape index (κ3) is 6.37. The molecule has 0 fully saturated rings. The highest BCUT2D eigenvalue weighted by Gasteiger charge is 2.16. The summed E-state index contributed by atoms with van der Waals surface area (Å²) in [6, 6.07) is 22.5. The number of thiazole rings is 1. The summed E-state index contributed by atoms with van der Waals surface area (Å²) in [5.41, 5.74) is 3.33. The highest BCUT2D eigenvalue weighted by Crippen LogP contribution is 2.23. The first-order valence-electron chi connectivity index (χ1n) is 11.9. The van der Waals surface area contributed by atoms with Crippen LogP contribution in [-0.4, -0.2) is 42.7 Å². The standard InChI is InChI=1S/C28H28N2O6S/c1-4-34-27(31)19(2)36-23-13-11-22(12-14-23)35-17-16-30-24-15-10-21(18-25(24)37-28(30)32)26(29-33-3)20-8-6-5-7-9-20/h5-15,18-19H,4,16-17H2,1-3H3. The van der Waals surface area contributed by atoms with Gasteiger partial charge in [-0.3, -0.25) is 9.36 Å². The molecule has 8 nitrogen and oxygen atoms in total. The van der Waals surface area contributed by atoms with Crippen LogP contribution in [0.25, 0.3) is 10.2 Å². The minimum absolute atomic E-state index is 0.0580. The second-order valence-electron chi connectivity index (χ2n) is 8.02. The summed E-state index contributed by atoms with van der Waals surface area (Å²) in [6.07, 6.45) is -0.699. The van der Waals surface area contributed by atoms with E-state index in [1.54, 1.807) is 42.7 Å². The smallest absolute Gasteiger partial charge is 0.347 e. The van der Waals surface area contributed by atoms with E-state index in [1.165, 1.54) is 18.4 Å². The molecule has 0 radical (unpaired) electrons. The van der Waals surface area contributed by atoms with Gasteiger partial charge in [0.2, 0.25) is 0 Å². The number of esters is 1. The van der Waals surface area contributed by atoms with Gasteiger partial charge in [-0.25, -0.2) is 4.79 Å². The van der Waals surface area contributed by atoms with Crippen molar-refractivity contribution < 1.29 is 23.8 Å². The molecule has 1 aromatic heterocycles. The molecule has 0 amide bonds. The summed E-state index contributed by atoms with van der Waals surface area (Å²) in [5, 5.41) is 4.21. The second kappa shape index (κ2) is 12.2. The van der Waals surface area contributed by atoms with Gasteiger partial charge in [0.1, 0.15) is 30.9 Å². The molecule has 0 bridgehead atoms. The Morgan fingerprint density at radius 3 is 2.43 bits per heavy atom. The van der Waals surface area contributed by atoms with E-state index in [2.05, 4.69) is 5.16 Å². The summed E-state index contributed by atoms with van der Waals surface area (Å²) in [6.45, 7) is 4.41. The molecule has 0 saturated heterocycles. The van der Waals surface area contributed by atoms with Gasteiger partial charge in [0.05, 0.1) is 23.4 Å². The molecule has 1 atom stereocenters. The van der Waals surface area contributed by atoms with Crippen molar-refractivity contribution >= 4 is 33.2 Å². The average Bonchev–Trinajstić information content (AvgIpc) is 3.23. The molecule has 0 spiro atoms. The molecule has 9 heteroatoms. The van der Waals surface area contributed by atoms with Crippen molar-refractivity contribution in [2.75, 3.05) is 20.3 Å². The molecule has 192 valence electrons. The number of fused-ring (bicyclic) bond motifs is 1. The fourth-order valence-electron chi connectivity index (χ4n) is 3.77. The molecular formula is C28H28N2O6S. The Labute approximate surface area is 218 Å². The summed E-state index contributed by atoms with van der Waals surface area (Å²) in [5.74, 6) is 0.760. The molecule has 37 heavy (non-hydrogen) atoms. The van der Waals surface area contributed by atoms with Gasteiger partial charge in [-0.15, -0.1) is 0 Å². The van der Waals surface area contributed by atoms with Crippen LogP contribution in [0.2, 0.25) is 0 Å². The summed E-state index contributed by atoms with van der Waals surface area (Å²) in [7, 11) is 1.51. The molecule has 0 saturated carbocycles. The molecule has 0 N–H and O–H groups in total. The Morgan fingerprint density at radius 2 is 1.73 bits per heavy atom. The van der Waals surface area contributed by atoms with E-state index in [9.17, 15) is 9.59 Å². The third-order valence-electron chi connectivity index (χ3n) is 5.51. The van der Waals surface area contributed by atoms with E-state index in [0.717, 1.165) is 21.3 Å². The van der Waals surface area contributed by atoms with Gasteiger partial charge in [0, 0.05) is 11.1 Å². The number of rotatable bonds is 11. The van der Waals surface area contributed by atoms with Gasteiger partial charge in [0.25, 0.3) is 0 Å². The summed E-state index contributed by atoms with van der Waals surface area (Å²) in [4.78, 5) is 29.5. The zero-order valence-electron chi connectivity index (χ0n) is 20.9. The van der Waals surface area contributed by atoms with Crippen LogP contribution < -0.4 is 14.3 Å². The highest BCUT2D eigenvalue weighted by molar-refractivity contribution is 7.16. The molecule has 1 heterocycles. The van der Waals surface area contributed by atoms with E-state index < -0.39 is 12.1 Å². The van der Waals surface area contributed by atoms with Crippen LogP contribution in [0.15, 0.2) is 82.7 Å². The number of nitrogens with zero attached hydrogens (tertiary/aromatic N) is 2. The van der Waals surface area contributed by atoms with Crippen molar-refractivity contribution in [2.24, 2.45) is 5.16 Å². The predicted molar refractivity (Wildman–Crippen MR) is 144 cm³/mol. The first kappa shape index (κ1) is 26.0. The number of benzene rings is 3. The lowest BCUT2D eigenvalue weighted by Gasteiger charge is -2.14. The topological polar surface area (TPSA) is 88.4 Å². The normalized spacial score (nSPS) is 12.2. The van der Waals surface area contributed by atoms with Gasteiger partial charge in [-0.2, -0.15) is 0 Å². The first-order valence-corrected chi connectivity index (χ1v) is 12.7. The lowest BCUT2D eigenvalue weighted by atomic mass is 10.0. The van der Waals surface area contributed by atoms with Gasteiger partial charge < -0.3 is 19.0 Å². The van der Waals surface area contributed by atoms with Gasteiger partial charge in [0.15, 0.2) is 6.10 Å². The third-order valence-corrected chi connectivity index (χ3v) is 6.45. The summed E-state index contributed by atoms with van der Waals surface area (Å²) >= 11 is 1.18.